The van der Waals surface area contributed by atoms with Crippen LogP contribution in [0.2, 0.25) is 0 Å². The van der Waals surface area contributed by atoms with Crippen molar-refractivity contribution < 1.29 is 31.4 Å². The number of aryl methyl sites for hydroxylation is 2. The average molecular weight is 326 g/mol. The Morgan fingerprint density at radius 1 is 1.05 bits per heavy atom. The number of rotatable bonds is 4. The van der Waals surface area contributed by atoms with E-state index in [0.29, 0.717) is 11.6 Å². The van der Waals surface area contributed by atoms with Crippen LogP contribution < -0.4 is 0 Å². The molecule has 0 fully saturated rings. The number of aliphatic hydroxyl groups is 1. The summed E-state index contributed by atoms with van der Waals surface area (Å²) in [6.07, 6.45) is -9.67. The molecule has 1 rings (SSSR count). The van der Waals surface area contributed by atoms with Gasteiger partial charge in [-0.15, -0.1) is 0 Å². The summed E-state index contributed by atoms with van der Waals surface area (Å²) in [5, 5.41) is 9.04. The van der Waals surface area contributed by atoms with Gasteiger partial charge in [0.05, 0.1) is 0 Å². The zero-order valence-electron chi connectivity index (χ0n) is 12.0. The molecule has 124 valence electrons. The van der Waals surface area contributed by atoms with Gasteiger partial charge in [0.2, 0.25) is 0 Å². The summed E-state index contributed by atoms with van der Waals surface area (Å²) in [7, 11) is 0. The topological polar surface area (TPSA) is 20.2 Å². The van der Waals surface area contributed by atoms with E-state index in [-0.39, 0.29) is 11.6 Å². The molecule has 0 amide bonds. The minimum absolute atomic E-state index is 0.187. The number of hydrogen-bond acceptors (Lipinski definition) is 1. The standard InChI is InChI=1S/C15H16F6O/c1-3-4-11-5-6-12(10(2)9-11)7-8-13(22,14(16,17)18)15(19,20)21/h5-9,22H,3-4H2,1-2H3/b8-7+. The van der Waals surface area contributed by atoms with Crippen molar-refractivity contribution in [1.29, 1.82) is 0 Å². The van der Waals surface area contributed by atoms with Crippen molar-refractivity contribution in [1.82, 2.24) is 0 Å². The van der Waals surface area contributed by atoms with Gasteiger partial charge in [0.1, 0.15) is 0 Å². The van der Waals surface area contributed by atoms with Crippen LogP contribution in [0.3, 0.4) is 0 Å². The second-order valence-electron chi connectivity index (χ2n) is 5.04. The van der Waals surface area contributed by atoms with E-state index in [9.17, 15) is 26.3 Å². The van der Waals surface area contributed by atoms with Crippen LogP contribution in [0.1, 0.15) is 30.0 Å². The van der Waals surface area contributed by atoms with E-state index in [1.165, 1.54) is 6.07 Å². The molecule has 0 atom stereocenters. The van der Waals surface area contributed by atoms with Crippen molar-refractivity contribution in [3.8, 4) is 0 Å². The van der Waals surface area contributed by atoms with E-state index in [1.54, 1.807) is 19.1 Å². The maximum Gasteiger partial charge on any atom is 0.430 e. The van der Waals surface area contributed by atoms with Gasteiger partial charge < -0.3 is 5.11 Å². The van der Waals surface area contributed by atoms with Crippen LogP contribution in [0, 0.1) is 6.92 Å². The molecule has 0 heterocycles. The molecule has 22 heavy (non-hydrogen) atoms. The average Bonchev–Trinajstić information content (AvgIpc) is 2.35. The number of halogens is 6. The Morgan fingerprint density at radius 3 is 2.00 bits per heavy atom. The Labute approximate surface area is 124 Å². The van der Waals surface area contributed by atoms with Crippen molar-refractivity contribution in [2.45, 2.75) is 44.6 Å². The largest absolute Gasteiger partial charge is 0.430 e. The fourth-order valence-corrected chi connectivity index (χ4v) is 1.93. The van der Waals surface area contributed by atoms with Gasteiger partial charge >= 0.3 is 12.4 Å². The molecule has 0 aliphatic heterocycles. The lowest BCUT2D eigenvalue weighted by molar-refractivity contribution is -0.347. The first-order valence-corrected chi connectivity index (χ1v) is 6.57. The van der Waals surface area contributed by atoms with Gasteiger partial charge in [-0.25, -0.2) is 0 Å². The molecular weight excluding hydrogens is 310 g/mol. The van der Waals surface area contributed by atoms with Gasteiger partial charge in [-0.1, -0.05) is 37.6 Å². The van der Waals surface area contributed by atoms with Crippen molar-refractivity contribution in [3.05, 3.63) is 41.0 Å². The van der Waals surface area contributed by atoms with Crippen LogP contribution in [-0.2, 0) is 6.42 Å². The summed E-state index contributed by atoms with van der Waals surface area (Å²) in [5.74, 6) is 0. The normalized spacial score (nSPS) is 13.9. The zero-order valence-corrected chi connectivity index (χ0v) is 12.0. The summed E-state index contributed by atoms with van der Waals surface area (Å²) < 4.78 is 75.3. The van der Waals surface area contributed by atoms with Crippen molar-refractivity contribution in [2.24, 2.45) is 0 Å². The van der Waals surface area contributed by atoms with E-state index >= 15 is 0 Å². The maximum atomic E-state index is 12.5. The lowest BCUT2D eigenvalue weighted by atomic mass is 9.98. The SMILES string of the molecule is CCCc1ccc(/C=C/C(O)(C(F)(F)F)C(F)(F)F)c(C)c1. The van der Waals surface area contributed by atoms with Gasteiger partial charge in [0.15, 0.2) is 0 Å². The molecular formula is C15H16F6O. The minimum Gasteiger partial charge on any atom is -0.370 e. The highest BCUT2D eigenvalue weighted by atomic mass is 19.4. The molecule has 0 saturated carbocycles. The van der Waals surface area contributed by atoms with E-state index in [1.807, 2.05) is 6.92 Å². The van der Waals surface area contributed by atoms with Crippen LogP contribution in [0.4, 0.5) is 26.3 Å². The smallest absolute Gasteiger partial charge is 0.370 e. The van der Waals surface area contributed by atoms with Crippen molar-refractivity contribution in [3.63, 3.8) is 0 Å². The third kappa shape index (κ3) is 3.82. The molecule has 0 aliphatic carbocycles. The fraction of sp³-hybridized carbons (Fsp3) is 0.467. The van der Waals surface area contributed by atoms with Crippen molar-refractivity contribution >= 4 is 6.08 Å². The molecule has 0 aliphatic rings. The molecule has 1 N–H and O–H groups in total. The predicted molar refractivity (Wildman–Crippen MR) is 71.3 cm³/mol. The molecule has 1 aromatic carbocycles. The van der Waals surface area contributed by atoms with Gasteiger partial charge in [-0.2, -0.15) is 26.3 Å². The number of hydrogen-bond donors (Lipinski definition) is 1. The van der Waals surface area contributed by atoms with E-state index < -0.39 is 18.0 Å². The van der Waals surface area contributed by atoms with Crippen LogP contribution in [0.5, 0.6) is 0 Å². The summed E-state index contributed by atoms with van der Waals surface area (Å²) in [4.78, 5) is 0. The maximum absolute atomic E-state index is 12.5. The lowest BCUT2D eigenvalue weighted by Crippen LogP contribution is -2.55. The van der Waals surface area contributed by atoms with Crippen LogP contribution >= 0.6 is 0 Å². The minimum atomic E-state index is -5.85. The Bertz CT molecular complexity index is 528. The molecule has 7 heteroatoms. The summed E-state index contributed by atoms with van der Waals surface area (Å²) in [5.41, 5.74) is -3.20. The first-order chi connectivity index (χ1) is 9.92. The molecule has 0 aromatic heterocycles. The van der Waals surface area contributed by atoms with Crippen LogP contribution in [0.15, 0.2) is 24.3 Å². The monoisotopic (exact) mass is 326 g/mol. The highest BCUT2D eigenvalue weighted by Gasteiger charge is 2.68. The van der Waals surface area contributed by atoms with Crippen LogP contribution in [0.25, 0.3) is 6.08 Å². The molecule has 0 unspecified atom stereocenters. The molecule has 0 saturated heterocycles. The second kappa shape index (κ2) is 6.32. The molecule has 0 radical (unpaired) electrons. The Kier molecular flexibility index (Phi) is 5.33. The Hall–Kier alpha value is -1.50. The van der Waals surface area contributed by atoms with E-state index in [4.69, 9.17) is 5.11 Å². The fourth-order valence-electron chi connectivity index (χ4n) is 1.93. The van der Waals surface area contributed by atoms with Gasteiger partial charge in [-0.05, 0) is 36.1 Å². The van der Waals surface area contributed by atoms with Crippen molar-refractivity contribution in [2.75, 3.05) is 0 Å². The lowest BCUT2D eigenvalue weighted by Gasteiger charge is -2.29. The highest BCUT2D eigenvalue weighted by Crippen LogP contribution is 2.44. The third-order valence-corrected chi connectivity index (χ3v) is 3.24. The quantitative estimate of drug-likeness (QED) is 0.787. The Balaban J connectivity index is 3.18. The molecule has 1 aromatic rings. The molecule has 0 spiro atoms. The first kappa shape index (κ1) is 18.5. The summed E-state index contributed by atoms with van der Waals surface area (Å²) >= 11 is 0. The van der Waals surface area contributed by atoms with Gasteiger partial charge in [0.25, 0.3) is 5.60 Å². The first-order valence-electron chi connectivity index (χ1n) is 6.57. The summed E-state index contributed by atoms with van der Waals surface area (Å²) in [6, 6.07) is 4.77. The highest BCUT2D eigenvalue weighted by molar-refractivity contribution is 5.56. The second-order valence-corrected chi connectivity index (χ2v) is 5.04. The predicted octanol–water partition coefficient (Wildman–Crippen LogP) is 4.82. The van der Waals surface area contributed by atoms with Gasteiger partial charge in [0, 0.05) is 0 Å². The number of benzene rings is 1. The van der Waals surface area contributed by atoms with E-state index in [0.717, 1.165) is 18.4 Å². The Morgan fingerprint density at radius 2 is 1.59 bits per heavy atom. The third-order valence-electron chi connectivity index (χ3n) is 3.24. The zero-order chi connectivity index (χ0) is 17.2. The molecule has 1 nitrogen and oxygen atoms in total. The summed E-state index contributed by atoms with van der Waals surface area (Å²) in [6.45, 7) is 3.54. The number of alkyl halides is 6. The van der Waals surface area contributed by atoms with E-state index in [2.05, 4.69) is 0 Å². The van der Waals surface area contributed by atoms with Gasteiger partial charge in [-0.3, -0.25) is 0 Å². The van der Waals surface area contributed by atoms with Crippen LogP contribution in [-0.4, -0.2) is 23.1 Å². The molecule has 0 bridgehead atoms.